The molecule has 0 atom stereocenters. The number of hydrogen-bond acceptors (Lipinski definition) is 6. The van der Waals surface area contributed by atoms with Crippen LogP contribution in [0, 0.1) is 0 Å². The first-order chi connectivity index (χ1) is 21.1. The molecular formula is C32H33Cl2F3N2O5. The molecule has 44 heavy (non-hydrogen) atoms. The van der Waals surface area contributed by atoms with E-state index in [2.05, 4.69) is 10.6 Å². The predicted molar refractivity (Wildman–Crippen MR) is 164 cm³/mol. The lowest BCUT2D eigenvalue weighted by atomic mass is 9.94. The van der Waals surface area contributed by atoms with Gasteiger partial charge in [0.2, 0.25) is 0 Å². The van der Waals surface area contributed by atoms with Gasteiger partial charge in [0, 0.05) is 30.2 Å². The Morgan fingerprint density at radius 3 is 2.41 bits per heavy atom. The number of ether oxygens (including phenoxy) is 3. The summed E-state index contributed by atoms with van der Waals surface area (Å²) in [5.41, 5.74) is 1.95. The molecule has 0 radical (unpaired) electrons. The molecule has 236 valence electrons. The lowest BCUT2D eigenvalue weighted by Crippen LogP contribution is -2.28. The van der Waals surface area contributed by atoms with Crippen LogP contribution in [0.1, 0.15) is 36.0 Å². The summed E-state index contributed by atoms with van der Waals surface area (Å²) in [6.07, 6.45) is -1.50. The molecule has 3 N–H and O–H groups in total. The van der Waals surface area contributed by atoms with E-state index in [1.165, 1.54) is 6.07 Å². The van der Waals surface area contributed by atoms with Gasteiger partial charge in [0.25, 0.3) is 0 Å². The maximum atomic E-state index is 12.5. The molecule has 0 saturated heterocycles. The number of rotatable bonds is 11. The van der Waals surface area contributed by atoms with Gasteiger partial charge in [-0.25, -0.2) is 4.79 Å². The van der Waals surface area contributed by atoms with E-state index in [1.807, 2.05) is 24.3 Å². The summed E-state index contributed by atoms with van der Waals surface area (Å²) in [7, 11) is 1.56. The second kappa shape index (κ2) is 15.5. The van der Waals surface area contributed by atoms with E-state index in [0.717, 1.165) is 36.6 Å². The number of alkyl halides is 3. The molecular weight excluding hydrogens is 620 g/mol. The van der Waals surface area contributed by atoms with E-state index in [4.69, 9.17) is 37.4 Å². The maximum Gasteiger partial charge on any atom is 0.417 e. The largest absolute Gasteiger partial charge is 0.493 e. The van der Waals surface area contributed by atoms with Crippen molar-refractivity contribution in [3.8, 4) is 17.2 Å². The number of methoxy groups -OCH3 is 1. The quantitative estimate of drug-likeness (QED) is 0.188. The third kappa shape index (κ3) is 9.53. The van der Waals surface area contributed by atoms with Crippen LogP contribution in [0.3, 0.4) is 0 Å². The topological polar surface area (TPSA) is 89.1 Å². The lowest BCUT2D eigenvalue weighted by molar-refractivity contribution is -0.137. The molecule has 5 rings (SSSR count). The summed E-state index contributed by atoms with van der Waals surface area (Å²) < 4.78 is 54.2. The van der Waals surface area contributed by atoms with Crippen molar-refractivity contribution in [2.75, 3.05) is 33.4 Å². The van der Waals surface area contributed by atoms with E-state index in [1.54, 1.807) is 31.4 Å². The second-order valence-corrected chi connectivity index (χ2v) is 11.0. The van der Waals surface area contributed by atoms with Crippen molar-refractivity contribution in [2.45, 2.75) is 38.0 Å². The molecule has 1 aliphatic heterocycles. The molecule has 12 heteroatoms. The van der Waals surface area contributed by atoms with Crippen LogP contribution in [-0.4, -0.2) is 50.5 Å². The van der Waals surface area contributed by atoms with E-state index < -0.39 is 17.7 Å². The molecule has 3 aromatic rings. The minimum absolute atomic E-state index is 0.192. The van der Waals surface area contributed by atoms with Crippen LogP contribution >= 0.6 is 23.2 Å². The summed E-state index contributed by atoms with van der Waals surface area (Å²) >= 11 is 11.7. The molecule has 1 saturated carbocycles. The monoisotopic (exact) mass is 652 g/mol. The second-order valence-electron chi connectivity index (χ2n) is 10.1. The van der Waals surface area contributed by atoms with Gasteiger partial charge >= 0.3 is 12.1 Å². The molecule has 0 spiro atoms. The Kier molecular flexibility index (Phi) is 11.8. The van der Waals surface area contributed by atoms with Crippen molar-refractivity contribution < 1.29 is 37.3 Å². The van der Waals surface area contributed by atoms with Crippen LogP contribution in [0.4, 0.5) is 13.2 Å². The fourth-order valence-corrected chi connectivity index (χ4v) is 4.97. The molecule has 7 nitrogen and oxygen atoms in total. The van der Waals surface area contributed by atoms with Crippen molar-refractivity contribution in [1.29, 1.82) is 0 Å². The standard InChI is InChI=1S/C21H22ClNO5.C11H11ClF3N/c1-26-20-12-15(22)4-7-19(20)28-11-10-27-16-5-2-14(3-6-16)17-8-9-23-13-18(17)21(24)25;12-10-7(6-16-8-4-5-8)2-1-3-9(10)11(13,14)15/h2-7,12,23H,8-11,13H2,1H3,(H,24,25);1-3,8,16H,4-6H2. The molecule has 1 aliphatic carbocycles. The average Bonchev–Trinajstić information content (AvgIpc) is 3.84. The van der Waals surface area contributed by atoms with Crippen LogP contribution in [-0.2, 0) is 17.5 Å². The highest BCUT2D eigenvalue weighted by molar-refractivity contribution is 6.32. The highest BCUT2D eigenvalue weighted by atomic mass is 35.5. The molecule has 1 heterocycles. The molecule has 2 aliphatic rings. The van der Waals surface area contributed by atoms with Gasteiger partial charge in [0.05, 0.1) is 23.3 Å². The van der Waals surface area contributed by atoms with Gasteiger partial charge in [-0.1, -0.05) is 47.5 Å². The number of carboxylic acids is 1. The number of benzene rings is 3. The third-order valence-corrected chi connectivity index (χ3v) is 7.64. The number of halogens is 5. The minimum atomic E-state index is -4.38. The highest BCUT2D eigenvalue weighted by Gasteiger charge is 2.34. The highest BCUT2D eigenvalue weighted by Crippen LogP contribution is 2.36. The predicted octanol–water partition coefficient (Wildman–Crippen LogP) is 7.25. The molecule has 3 aromatic carbocycles. The summed E-state index contributed by atoms with van der Waals surface area (Å²) in [6, 6.07) is 17.1. The fourth-order valence-electron chi connectivity index (χ4n) is 4.51. The van der Waals surface area contributed by atoms with Gasteiger partial charge in [-0.05, 0) is 72.8 Å². The zero-order valence-electron chi connectivity index (χ0n) is 24.0. The van der Waals surface area contributed by atoms with Crippen molar-refractivity contribution in [3.63, 3.8) is 0 Å². The molecule has 1 fully saturated rings. The first-order valence-electron chi connectivity index (χ1n) is 14.0. The van der Waals surface area contributed by atoms with E-state index in [0.29, 0.717) is 72.2 Å². The summed E-state index contributed by atoms with van der Waals surface area (Å²) in [4.78, 5) is 11.4. The van der Waals surface area contributed by atoms with Gasteiger partial charge in [-0.15, -0.1) is 0 Å². The normalized spacial score (nSPS) is 14.9. The van der Waals surface area contributed by atoms with Crippen LogP contribution in [0.5, 0.6) is 17.2 Å². The van der Waals surface area contributed by atoms with Gasteiger partial charge in [-0.2, -0.15) is 13.2 Å². The van der Waals surface area contributed by atoms with Crippen molar-refractivity contribution in [3.05, 3.63) is 93.0 Å². The van der Waals surface area contributed by atoms with Gasteiger partial charge in [0.15, 0.2) is 11.5 Å². The lowest BCUT2D eigenvalue weighted by Gasteiger charge is -2.19. The minimum Gasteiger partial charge on any atom is -0.493 e. The maximum absolute atomic E-state index is 12.5. The molecule has 0 aromatic heterocycles. The molecule has 0 bridgehead atoms. The first kappa shape index (κ1) is 33.5. The summed E-state index contributed by atoms with van der Waals surface area (Å²) in [6.45, 7) is 2.26. The smallest absolute Gasteiger partial charge is 0.417 e. The van der Waals surface area contributed by atoms with E-state index in [9.17, 15) is 23.1 Å². The number of aliphatic carboxylic acids is 1. The Labute approximate surface area is 263 Å². The Hall–Kier alpha value is -3.44. The third-order valence-electron chi connectivity index (χ3n) is 6.96. The number of hydrogen-bond donors (Lipinski definition) is 3. The van der Waals surface area contributed by atoms with Crippen molar-refractivity contribution in [2.24, 2.45) is 0 Å². The first-order valence-corrected chi connectivity index (χ1v) is 14.8. The Balaban J connectivity index is 0.000000233. The van der Waals surface area contributed by atoms with E-state index >= 15 is 0 Å². The number of carbonyl (C=O) groups is 1. The van der Waals surface area contributed by atoms with Gasteiger partial charge < -0.3 is 30.0 Å². The summed E-state index contributed by atoms with van der Waals surface area (Å²) in [5.74, 6) is 0.991. The number of nitrogens with one attached hydrogen (secondary N) is 2. The Bertz CT molecular complexity index is 1460. The SMILES string of the molecule is COc1cc(Cl)ccc1OCCOc1ccc(C2=C(C(=O)O)CNCC2)cc1.FC(F)(F)c1cccc(CNC2CC2)c1Cl. The van der Waals surface area contributed by atoms with Crippen LogP contribution < -0.4 is 24.8 Å². The van der Waals surface area contributed by atoms with Crippen molar-refractivity contribution in [1.82, 2.24) is 10.6 Å². The van der Waals surface area contributed by atoms with Gasteiger partial charge in [-0.3, -0.25) is 0 Å². The molecule has 0 amide bonds. The zero-order valence-corrected chi connectivity index (χ0v) is 25.5. The Morgan fingerprint density at radius 1 is 1.02 bits per heavy atom. The van der Waals surface area contributed by atoms with Crippen LogP contribution in [0.25, 0.3) is 5.57 Å². The zero-order chi connectivity index (χ0) is 31.7. The van der Waals surface area contributed by atoms with Crippen molar-refractivity contribution >= 4 is 34.7 Å². The van der Waals surface area contributed by atoms with Gasteiger partial charge in [0.1, 0.15) is 19.0 Å². The van der Waals surface area contributed by atoms with Crippen LogP contribution in [0.2, 0.25) is 10.0 Å². The molecule has 0 unspecified atom stereocenters. The Morgan fingerprint density at radius 2 is 1.75 bits per heavy atom. The summed E-state index contributed by atoms with van der Waals surface area (Å²) in [5, 5.41) is 16.0. The number of carboxylic acid groups (broad SMARTS) is 1. The van der Waals surface area contributed by atoms with E-state index in [-0.39, 0.29) is 5.02 Å². The van der Waals surface area contributed by atoms with Crippen LogP contribution in [0.15, 0.2) is 66.2 Å². The fraction of sp³-hybridized carbons (Fsp3) is 0.344. The average molecular weight is 654 g/mol.